The lowest BCUT2D eigenvalue weighted by Gasteiger charge is -2.10. The van der Waals surface area contributed by atoms with Crippen molar-refractivity contribution in [3.8, 4) is 0 Å². The van der Waals surface area contributed by atoms with Gasteiger partial charge < -0.3 is 20.7 Å². The van der Waals surface area contributed by atoms with Gasteiger partial charge in [0.05, 0.1) is 12.2 Å². The van der Waals surface area contributed by atoms with Crippen molar-refractivity contribution >= 4 is 11.7 Å². The van der Waals surface area contributed by atoms with Crippen molar-refractivity contribution in [1.82, 2.24) is 0 Å². The first-order chi connectivity index (χ1) is 8.04. The number of aliphatic hydroxyl groups is 2. The molecule has 4 N–H and O–H groups in total. The van der Waals surface area contributed by atoms with Crippen molar-refractivity contribution in [2.45, 2.75) is 26.1 Å². The maximum Gasteiger partial charge on any atom is 0.338 e. The minimum absolute atomic E-state index is 0.149. The van der Waals surface area contributed by atoms with Crippen LogP contribution in [-0.2, 0) is 11.2 Å². The Hall–Kier alpha value is -1.59. The monoisotopic (exact) mass is 239 g/mol. The summed E-state index contributed by atoms with van der Waals surface area (Å²) in [4.78, 5) is 11.6. The number of carbonyl (C=O) groups excluding carboxylic acids is 1. The lowest BCUT2D eigenvalue weighted by molar-refractivity contribution is -0.0447. The third-order valence-corrected chi connectivity index (χ3v) is 2.30. The van der Waals surface area contributed by atoms with Gasteiger partial charge in [-0.15, -0.1) is 0 Å². The van der Waals surface area contributed by atoms with E-state index in [1.165, 1.54) is 0 Å². The fraction of sp³-hybridized carbons (Fsp3) is 0.417. The SMILES string of the molecule is CCOC(=O)c1ccc(N)cc1CCC(O)O. The lowest BCUT2D eigenvalue weighted by Crippen LogP contribution is -2.11. The molecule has 1 rings (SSSR count). The number of anilines is 1. The van der Waals surface area contributed by atoms with Crippen LogP contribution in [0.2, 0.25) is 0 Å². The molecule has 0 atom stereocenters. The van der Waals surface area contributed by atoms with E-state index < -0.39 is 12.3 Å². The third-order valence-electron chi connectivity index (χ3n) is 2.30. The zero-order valence-corrected chi connectivity index (χ0v) is 9.72. The Labute approximate surface area is 99.8 Å². The van der Waals surface area contributed by atoms with Crippen LogP contribution in [0.1, 0.15) is 29.3 Å². The Bertz CT molecular complexity index is 390. The summed E-state index contributed by atoms with van der Waals surface area (Å²) in [5, 5.41) is 17.6. The summed E-state index contributed by atoms with van der Waals surface area (Å²) in [5.41, 5.74) is 7.24. The predicted octanol–water partition coefficient (Wildman–Crippen LogP) is 0.689. The number of nitrogen functional groups attached to an aromatic ring is 1. The van der Waals surface area contributed by atoms with Crippen LogP contribution in [0.15, 0.2) is 18.2 Å². The second-order valence-corrected chi connectivity index (χ2v) is 3.66. The van der Waals surface area contributed by atoms with Gasteiger partial charge in [-0.05, 0) is 37.1 Å². The van der Waals surface area contributed by atoms with Crippen LogP contribution in [-0.4, -0.2) is 29.1 Å². The molecule has 0 saturated carbocycles. The molecule has 0 aliphatic carbocycles. The quantitative estimate of drug-likeness (QED) is 0.399. The largest absolute Gasteiger partial charge is 0.462 e. The fourth-order valence-corrected chi connectivity index (χ4v) is 1.51. The first-order valence-electron chi connectivity index (χ1n) is 5.46. The number of aliphatic hydroxyl groups excluding tert-OH is 1. The first kappa shape index (κ1) is 13.5. The van der Waals surface area contributed by atoms with Gasteiger partial charge in [-0.3, -0.25) is 0 Å². The molecule has 17 heavy (non-hydrogen) atoms. The van der Waals surface area contributed by atoms with E-state index in [1.807, 2.05) is 0 Å². The minimum atomic E-state index is -1.40. The molecular weight excluding hydrogens is 222 g/mol. The zero-order chi connectivity index (χ0) is 12.8. The highest BCUT2D eigenvalue weighted by Gasteiger charge is 2.13. The molecule has 0 aromatic heterocycles. The van der Waals surface area contributed by atoms with Crippen LogP contribution in [0.4, 0.5) is 5.69 Å². The molecule has 0 aliphatic rings. The van der Waals surface area contributed by atoms with E-state index in [0.29, 0.717) is 29.8 Å². The second-order valence-electron chi connectivity index (χ2n) is 3.66. The van der Waals surface area contributed by atoms with E-state index in [4.69, 9.17) is 20.7 Å². The summed E-state index contributed by atoms with van der Waals surface area (Å²) >= 11 is 0. The Morgan fingerprint density at radius 3 is 2.76 bits per heavy atom. The molecule has 0 aliphatic heterocycles. The number of rotatable bonds is 5. The van der Waals surface area contributed by atoms with Crippen LogP contribution in [0.3, 0.4) is 0 Å². The third kappa shape index (κ3) is 4.05. The molecule has 0 amide bonds. The van der Waals surface area contributed by atoms with Crippen LogP contribution in [0, 0.1) is 0 Å². The molecule has 0 bridgehead atoms. The normalized spacial score (nSPS) is 10.6. The molecule has 94 valence electrons. The average Bonchev–Trinajstić information content (AvgIpc) is 2.26. The second kappa shape index (κ2) is 6.22. The van der Waals surface area contributed by atoms with Crippen LogP contribution in [0.5, 0.6) is 0 Å². The molecule has 0 fully saturated rings. The Kier molecular flexibility index (Phi) is 4.93. The van der Waals surface area contributed by atoms with Crippen molar-refractivity contribution in [3.05, 3.63) is 29.3 Å². The summed E-state index contributed by atoms with van der Waals surface area (Å²) in [6, 6.07) is 4.85. The van der Waals surface area contributed by atoms with Gasteiger partial charge in [-0.25, -0.2) is 4.79 Å². The number of esters is 1. The maximum absolute atomic E-state index is 11.6. The molecule has 0 heterocycles. The zero-order valence-electron chi connectivity index (χ0n) is 9.72. The number of ether oxygens (including phenoxy) is 1. The number of hydrogen-bond acceptors (Lipinski definition) is 5. The van der Waals surface area contributed by atoms with Gasteiger partial charge in [0.15, 0.2) is 6.29 Å². The van der Waals surface area contributed by atoms with E-state index in [9.17, 15) is 4.79 Å². The van der Waals surface area contributed by atoms with Crippen LogP contribution in [0.25, 0.3) is 0 Å². The number of nitrogens with two attached hydrogens (primary N) is 1. The smallest absolute Gasteiger partial charge is 0.338 e. The van der Waals surface area contributed by atoms with Gasteiger partial charge in [0, 0.05) is 12.1 Å². The van der Waals surface area contributed by atoms with Crippen LogP contribution < -0.4 is 5.73 Å². The summed E-state index contributed by atoms with van der Waals surface area (Å²) in [6.07, 6.45) is -0.890. The van der Waals surface area contributed by atoms with Crippen molar-refractivity contribution in [1.29, 1.82) is 0 Å². The van der Waals surface area contributed by atoms with Gasteiger partial charge in [0.1, 0.15) is 0 Å². The Balaban J connectivity index is 2.91. The van der Waals surface area contributed by atoms with E-state index in [0.717, 1.165) is 0 Å². The van der Waals surface area contributed by atoms with Crippen molar-refractivity contribution in [2.75, 3.05) is 12.3 Å². The van der Waals surface area contributed by atoms with Crippen molar-refractivity contribution < 1.29 is 19.7 Å². The number of aryl methyl sites for hydroxylation is 1. The highest BCUT2D eigenvalue weighted by molar-refractivity contribution is 5.91. The Morgan fingerprint density at radius 2 is 2.18 bits per heavy atom. The Morgan fingerprint density at radius 1 is 1.47 bits per heavy atom. The van der Waals surface area contributed by atoms with E-state index in [1.54, 1.807) is 25.1 Å². The number of benzene rings is 1. The number of carbonyl (C=O) groups is 1. The minimum Gasteiger partial charge on any atom is -0.462 e. The molecule has 1 aromatic rings. The van der Waals surface area contributed by atoms with E-state index in [-0.39, 0.29) is 6.42 Å². The summed E-state index contributed by atoms with van der Waals surface area (Å²) in [7, 11) is 0. The molecule has 0 unspecified atom stereocenters. The highest BCUT2D eigenvalue weighted by atomic mass is 16.5. The molecule has 0 saturated heterocycles. The lowest BCUT2D eigenvalue weighted by atomic mass is 10.0. The van der Waals surface area contributed by atoms with Gasteiger partial charge in [0.25, 0.3) is 0 Å². The molecule has 5 nitrogen and oxygen atoms in total. The summed E-state index contributed by atoms with van der Waals surface area (Å²) < 4.78 is 4.91. The average molecular weight is 239 g/mol. The topological polar surface area (TPSA) is 92.8 Å². The van der Waals surface area contributed by atoms with Crippen molar-refractivity contribution in [2.24, 2.45) is 0 Å². The van der Waals surface area contributed by atoms with Crippen LogP contribution >= 0.6 is 0 Å². The maximum atomic E-state index is 11.6. The standard InChI is InChI=1S/C12H17NO4/c1-2-17-12(16)10-5-4-9(13)7-8(10)3-6-11(14)15/h4-5,7,11,14-15H,2-3,6,13H2,1H3. The van der Waals surface area contributed by atoms with Crippen molar-refractivity contribution in [3.63, 3.8) is 0 Å². The molecule has 5 heteroatoms. The summed E-state index contributed by atoms with van der Waals surface area (Å²) in [6.45, 7) is 2.03. The van der Waals surface area contributed by atoms with Gasteiger partial charge in [-0.2, -0.15) is 0 Å². The first-order valence-corrected chi connectivity index (χ1v) is 5.46. The van der Waals surface area contributed by atoms with Gasteiger partial charge in [-0.1, -0.05) is 0 Å². The number of hydrogen-bond donors (Lipinski definition) is 3. The van der Waals surface area contributed by atoms with Gasteiger partial charge >= 0.3 is 5.97 Å². The van der Waals surface area contributed by atoms with Gasteiger partial charge in [0.2, 0.25) is 0 Å². The summed E-state index contributed by atoms with van der Waals surface area (Å²) in [5.74, 6) is -0.421. The molecule has 0 radical (unpaired) electrons. The molecule has 0 spiro atoms. The van der Waals surface area contributed by atoms with E-state index >= 15 is 0 Å². The molecule has 1 aromatic carbocycles. The predicted molar refractivity (Wildman–Crippen MR) is 63.4 cm³/mol. The molecular formula is C12H17NO4. The van der Waals surface area contributed by atoms with E-state index in [2.05, 4.69) is 0 Å². The highest BCUT2D eigenvalue weighted by Crippen LogP contribution is 2.17. The fourth-order valence-electron chi connectivity index (χ4n) is 1.51.